The third-order valence-electron chi connectivity index (χ3n) is 3.75. The van der Waals surface area contributed by atoms with E-state index >= 15 is 0 Å². The number of aliphatic hydroxyl groups is 1. The van der Waals surface area contributed by atoms with E-state index in [0.29, 0.717) is 0 Å². The first kappa shape index (κ1) is 12.3. The molecule has 3 heteroatoms. The average Bonchev–Trinajstić information content (AvgIpc) is 2.99. The van der Waals surface area contributed by atoms with Gasteiger partial charge in [-0.3, -0.25) is 4.90 Å². The fourth-order valence-corrected chi connectivity index (χ4v) is 2.31. The minimum absolute atomic E-state index is 0.0551. The van der Waals surface area contributed by atoms with E-state index < -0.39 is 0 Å². The zero-order valence-corrected chi connectivity index (χ0v) is 10.6. The van der Waals surface area contributed by atoms with Crippen LogP contribution in [0, 0.1) is 11.3 Å². The second-order valence-corrected chi connectivity index (χ2v) is 6.04. The number of aliphatic hydroxyl groups excluding tert-OH is 1. The summed E-state index contributed by atoms with van der Waals surface area (Å²) in [6, 6.07) is 0.794. The second-order valence-electron chi connectivity index (χ2n) is 6.04. The van der Waals surface area contributed by atoms with Gasteiger partial charge in [0.05, 0.1) is 25.2 Å². The standard InChI is InChI=1S/C13H25NO2/c1-11(2)5-6-14(12-3-4-12)7-13(8-15)9-16-10-13/h11-12,15H,3-10H2,1-2H3. The molecule has 0 radical (unpaired) electrons. The van der Waals surface area contributed by atoms with Crippen LogP contribution in [0.5, 0.6) is 0 Å². The topological polar surface area (TPSA) is 32.7 Å². The predicted molar refractivity (Wildman–Crippen MR) is 64.4 cm³/mol. The van der Waals surface area contributed by atoms with E-state index in [2.05, 4.69) is 18.7 Å². The van der Waals surface area contributed by atoms with Crippen LogP contribution < -0.4 is 0 Å². The monoisotopic (exact) mass is 227 g/mol. The van der Waals surface area contributed by atoms with E-state index in [1.54, 1.807) is 0 Å². The average molecular weight is 227 g/mol. The van der Waals surface area contributed by atoms with Crippen LogP contribution in [0.1, 0.15) is 33.1 Å². The Morgan fingerprint density at radius 1 is 1.38 bits per heavy atom. The van der Waals surface area contributed by atoms with E-state index in [1.807, 2.05) is 0 Å². The first-order valence-electron chi connectivity index (χ1n) is 6.58. The largest absolute Gasteiger partial charge is 0.396 e. The molecule has 1 heterocycles. The van der Waals surface area contributed by atoms with E-state index in [4.69, 9.17) is 4.74 Å². The Balaban J connectivity index is 1.82. The van der Waals surface area contributed by atoms with Gasteiger partial charge in [-0.25, -0.2) is 0 Å². The normalized spacial score (nSPS) is 23.8. The van der Waals surface area contributed by atoms with Crippen molar-refractivity contribution in [1.29, 1.82) is 0 Å². The predicted octanol–water partition coefficient (Wildman–Crippen LogP) is 1.51. The molecule has 0 amide bonds. The maximum atomic E-state index is 9.46. The minimum atomic E-state index is 0.0551. The van der Waals surface area contributed by atoms with Gasteiger partial charge in [-0.2, -0.15) is 0 Å². The summed E-state index contributed by atoms with van der Waals surface area (Å²) >= 11 is 0. The minimum Gasteiger partial charge on any atom is -0.396 e. The maximum Gasteiger partial charge on any atom is 0.0579 e. The van der Waals surface area contributed by atoms with Crippen molar-refractivity contribution in [2.75, 3.05) is 32.9 Å². The lowest BCUT2D eigenvalue weighted by Gasteiger charge is -2.43. The van der Waals surface area contributed by atoms with Crippen LogP contribution in [0.2, 0.25) is 0 Å². The molecule has 1 aliphatic carbocycles. The van der Waals surface area contributed by atoms with Crippen LogP contribution >= 0.6 is 0 Å². The second kappa shape index (κ2) is 5.03. The molecular formula is C13H25NO2. The summed E-state index contributed by atoms with van der Waals surface area (Å²) in [6.45, 7) is 8.53. The molecule has 2 rings (SSSR count). The van der Waals surface area contributed by atoms with E-state index in [-0.39, 0.29) is 12.0 Å². The highest BCUT2D eigenvalue weighted by atomic mass is 16.5. The molecular weight excluding hydrogens is 202 g/mol. The molecule has 2 aliphatic rings. The van der Waals surface area contributed by atoms with Gasteiger partial charge in [0.15, 0.2) is 0 Å². The number of hydrogen-bond donors (Lipinski definition) is 1. The van der Waals surface area contributed by atoms with E-state index in [0.717, 1.165) is 31.7 Å². The SMILES string of the molecule is CC(C)CCN(CC1(CO)COC1)C1CC1. The van der Waals surface area contributed by atoms with Gasteiger partial charge in [-0.05, 0) is 31.7 Å². The summed E-state index contributed by atoms with van der Waals surface area (Å²) in [4.78, 5) is 2.58. The van der Waals surface area contributed by atoms with Crippen molar-refractivity contribution in [3.8, 4) is 0 Å². The molecule has 0 bridgehead atoms. The van der Waals surface area contributed by atoms with Gasteiger partial charge in [0.25, 0.3) is 0 Å². The fourth-order valence-electron chi connectivity index (χ4n) is 2.31. The molecule has 0 aromatic heterocycles. The lowest BCUT2D eigenvalue weighted by Crippen LogP contribution is -2.54. The highest BCUT2D eigenvalue weighted by Crippen LogP contribution is 2.34. The van der Waals surface area contributed by atoms with Crippen molar-refractivity contribution in [3.05, 3.63) is 0 Å². The van der Waals surface area contributed by atoms with Gasteiger partial charge >= 0.3 is 0 Å². The molecule has 16 heavy (non-hydrogen) atoms. The van der Waals surface area contributed by atoms with Crippen LogP contribution in [0.15, 0.2) is 0 Å². The van der Waals surface area contributed by atoms with Gasteiger partial charge in [-0.1, -0.05) is 13.8 Å². The molecule has 1 aliphatic heterocycles. The smallest absolute Gasteiger partial charge is 0.0579 e. The Bertz CT molecular complexity index is 216. The Morgan fingerprint density at radius 2 is 2.06 bits per heavy atom. The maximum absolute atomic E-state index is 9.46. The zero-order valence-electron chi connectivity index (χ0n) is 10.6. The van der Waals surface area contributed by atoms with Gasteiger partial charge < -0.3 is 9.84 Å². The van der Waals surface area contributed by atoms with Crippen LogP contribution in [0.4, 0.5) is 0 Å². The summed E-state index contributed by atoms with van der Waals surface area (Å²) < 4.78 is 5.27. The van der Waals surface area contributed by atoms with Crippen LogP contribution in [-0.2, 0) is 4.74 Å². The van der Waals surface area contributed by atoms with Crippen molar-refractivity contribution in [1.82, 2.24) is 4.90 Å². The lowest BCUT2D eigenvalue weighted by atomic mass is 9.86. The molecule has 1 saturated carbocycles. The fraction of sp³-hybridized carbons (Fsp3) is 1.00. The quantitative estimate of drug-likeness (QED) is 0.715. The van der Waals surface area contributed by atoms with E-state index in [1.165, 1.54) is 25.8 Å². The molecule has 0 atom stereocenters. The van der Waals surface area contributed by atoms with Gasteiger partial charge in [0.1, 0.15) is 0 Å². The molecule has 94 valence electrons. The lowest BCUT2D eigenvalue weighted by molar-refractivity contribution is -0.149. The summed E-state index contributed by atoms with van der Waals surface area (Å²) in [7, 11) is 0. The van der Waals surface area contributed by atoms with Crippen molar-refractivity contribution >= 4 is 0 Å². The van der Waals surface area contributed by atoms with Crippen LogP contribution in [0.25, 0.3) is 0 Å². The molecule has 0 unspecified atom stereocenters. The molecule has 0 spiro atoms. The highest BCUT2D eigenvalue weighted by Gasteiger charge is 2.42. The van der Waals surface area contributed by atoms with Crippen molar-refractivity contribution in [3.63, 3.8) is 0 Å². The van der Waals surface area contributed by atoms with Crippen molar-refractivity contribution in [2.24, 2.45) is 11.3 Å². The summed E-state index contributed by atoms with van der Waals surface area (Å²) in [6.07, 6.45) is 3.96. The molecule has 1 N–H and O–H groups in total. The number of hydrogen-bond acceptors (Lipinski definition) is 3. The van der Waals surface area contributed by atoms with Gasteiger partial charge in [0.2, 0.25) is 0 Å². The summed E-state index contributed by atoms with van der Waals surface area (Å²) in [5.41, 5.74) is 0.0551. The van der Waals surface area contributed by atoms with Crippen molar-refractivity contribution in [2.45, 2.75) is 39.2 Å². The van der Waals surface area contributed by atoms with Crippen LogP contribution in [-0.4, -0.2) is 49.0 Å². The summed E-state index contributed by atoms with van der Waals surface area (Å²) in [5.74, 6) is 0.768. The first-order chi connectivity index (χ1) is 7.65. The molecule has 3 nitrogen and oxygen atoms in total. The molecule has 0 aromatic rings. The molecule has 0 aromatic carbocycles. The highest BCUT2D eigenvalue weighted by molar-refractivity contribution is 4.93. The number of rotatable bonds is 7. The Kier molecular flexibility index (Phi) is 3.88. The molecule has 2 fully saturated rings. The number of ether oxygens (including phenoxy) is 1. The van der Waals surface area contributed by atoms with E-state index in [9.17, 15) is 5.11 Å². The number of nitrogens with zero attached hydrogens (tertiary/aromatic N) is 1. The Labute approximate surface area is 98.8 Å². The Hall–Kier alpha value is -0.120. The third-order valence-corrected chi connectivity index (χ3v) is 3.75. The summed E-state index contributed by atoms with van der Waals surface area (Å²) in [5, 5.41) is 9.46. The van der Waals surface area contributed by atoms with Gasteiger partial charge in [0, 0.05) is 12.6 Å². The molecule has 1 saturated heterocycles. The first-order valence-corrected chi connectivity index (χ1v) is 6.58. The Morgan fingerprint density at radius 3 is 2.44 bits per heavy atom. The van der Waals surface area contributed by atoms with Crippen molar-refractivity contribution < 1.29 is 9.84 Å². The zero-order chi connectivity index (χ0) is 11.6. The third kappa shape index (κ3) is 2.96. The van der Waals surface area contributed by atoms with Crippen LogP contribution in [0.3, 0.4) is 0 Å². The van der Waals surface area contributed by atoms with Gasteiger partial charge in [-0.15, -0.1) is 0 Å².